The Bertz CT molecular complexity index is 259. The second-order valence-electron chi connectivity index (χ2n) is 3.32. The fourth-order valence-electron chi connectivity index (χ4n) is 1.29. The van der Waals surface area contributed by atoms with Crippen LogP contribution in [0.3, 0.4) is 0 Å². The highest BCUT2D eigenvalue weighted by Gasteiger charge is 2.18. The van der Waals surface area contributed by atoms with Gasteiger partial charge in [0.25, 0.3) is 0 Å². The van der Waals surface area contributed by atoms with Crippen LogP contribution in [-0.4, -0.2) is 11.7 Å². The molecule has 1 aromatic rings. The normalized spacial score (nSPS) is 15.7. The van der Waals surface area contributed by atoms with Crippen molar-refractivity contribution in [3.8, 4) is 0 Å². The molecule has 2 atom stereocenters. The van der Waals surface area contributed by atoms with Crippen LogP contribution in [0.15, 0.2) is 11.4 Å². The summed E-state index contributed by atoms with van der Waals surface area (Å²) in [6, 6.07) is 2.08. The molecule has 1 rings (SSSR count). The third kappa shape index (κ3) is 2.30. The Hall–Kier alpha value is -0.380. The van der Waals surface area contributed by atoms with E-state index in [2.05, 4.69) is 13.0 Å². The SMILES string of the molecule is CCc1ccsc1C(O)C(C)CN. The van der Waals surface area contributed by atoms with Gasteiger partial charge in [0.05, 0.1) is 6.10 Å². The van der Waals surface area contributed by atoms with Crippen molar-refractivity contribution < 1.29 is 5.11 Å². The highest BCUT2D eigenvalue weighted by Crippen LogP contribution is 2.29. The van der Waals surface area contributed by atoms with Gasteiger partial charge in [0.1, 0.15) is 0 Å². The fraction of sp³-hybridized carbons (Fsp3) is 0.600. The molecule has 2 nitrogen and oxygen atoms in total. The van der Waals surface area contributed by atoms with Crippen molar-refractivity contribution in [3.63, 3.8) is 0 Å². The minimum Gasteiger partial charge on any atom is -0.387 e. The Kier molecular flexibility index (Phi) is 3.90. The lowest BCUT2D eigenvalue weighted by Crippen LogP contribution is -2.18. The number of aryl methyl sites for hydroxylation is 1. The third-order valence-electron chi connectivity index (χ3n) is 2.34. The number of rotatable bonds is 4. The average Bonchev–Trinajstić information content (AvgIpc) is 2.62. The van der Waals surface area contributed by atoms with E-state index in [1.54, 1.807) is 11.3 Å². The summed E-state index contributed by atoms with van der Waals surface area (Å²) in [7, 11) is 0. The molecule has 2 unspecified atom stereocenters. The lowest BCUT2D eigenvalue weighted by atomic mass is 10.0. The van der Waals surface area contributed by atoms with Crippen LogP contribution in [0.1, 0.15) is 30.4 Å². The monoisotopic (exact) mass is 199 g/mol. The summed E-state index contributed by atoms with van der Waals surface area (Å²) in [4.78, 5) is 1.08. The minimum absolute atomic E-state index is 0.143. The summed E-state index contributed by atoms with van der Waals surface area (Å²) < 4.78 is 0. The molecule has 0 bridgehead atoms. The average molecular weight is 199 g/mol. The van der Waals surface area contributed by atoms with Crippen molar-refractivity contribution in [1.82, 2.24) is 0 Å². The van der Waals surface area contributed by atoms with Crippen molar-refractivity contribution in [1.29, 1.82) is 0 Å². The lowest BCUT2D eigenvalue weighted by molar-refractivity contribution is 0.124. The van der Waals surface area contributed by atoms with Gasteiger partial charge < -0.3 is 10.8 Å². The first-order valence-electron chi connectivity index (χ1n) is 4.65. The topological polar surface area (TPSA) is 46.2 Å². The van der Waals surface area contributed by atoms with Crippen LogP contribution in [0.5, 0.6) is 0 Å². The van der Waals surface area contributed by atoms with Gasteiger partial charge in [-0.05, 0) is 35.9 Å². The maximum atomic E-state index is 9.92. The summed E-state index contributed by atoms with van der Waals surface area (Å²) >= 11 is 1.62. The summed E-state index contributed by atoms with van der Waals surface area (Å²) in [5.74, 6) is 0.143. The van der Waals surface area contributed by atoms with Gasteiger partial charge in [0, 0.05) is 4.88 Å². The Balaban J connectivity index is 2.81. The molecule has 0 aliphatic carbocycles. The van der Waals surface area contributed by atoms with Gasteiger partial charge >= 0.3 is 0 Å². The van der Waals surface area contributed by atoms with E-state index in [4.69, 9.17) is 5.73 Å². The van der Waals surface area contributed by atoms with E-state index >= 15 is 0 Å². The Morgan fingerprint density at radius 3 is 2.85 bits per heavy atom. The molecule has 0 spiro atoms. The maximum absolute atomic E-state index is 9.92. The quantitative estimate of drug-likeness (QED) is 0.778. The highest BCUT2D eigenvalue weighted by atomic mass is 32.1. The second kappa shape index (κ2) is 4.74. The highest BCUT2D eigenvalue weighted by molar-refractivity contribution is 7.10. The van der Waals surface area contributed by atoms with Crippen LogP contribution in [0, 0.1) is 5.92 Å². The minimum atomic E-state index is -0.389. The van der Waals surface area contributed by atoms with Gasteiger partial charge in [-0.15, -0.1) is 11.3 Å². The number of aliphatic hydroxyl groups is 1. The second-order valence-corrected chi connectivity index (χ2v) is 4.27. The van der Waals surface area contributed by atoms with Crippen molar-refractivity contribution in [3.05, 3.63) is 21.9 Å². The van der Waals surface area contributed by atoms with Crippen LogP contribution in [-0.2, 0) is 6.42 Å². The van der Waals surface area contributed by atoms with Crippen LogP contribution in [0.25, 0.3) is 0 Å². The number of hydrogen-bond donors (Lipinski definition) is 2. The number of hydrogen-bond acceptors (Lipinski definition) is 3. The standard InChI is InChI=1S/C10H17NOS/c1-3-8-4-5-13-10(8)9(12)7(2)6-11/h4-5,7,9,12H,3,6,11H2,1-2H3. The van der Waals surface area contributed by atoms with Crippen molar-refractivity contribution in [2.75, 3.05) is 6.54 Å². The Morgan fingerprint density at radius 1 is 1.62 bits per heavy atom. The van der Waals surface area contributed by atoms with Crippen LogP contribution >= 0.6 is 11.3 Å². The van der Waals surface area contributed by atoms with E-state index in [0.29, 0.717) is 6.54 Å². The Morgan fingerprint density at radius 2 is 2.31 bits per heavy atom. The molecule has 0 aliphatic heterocycles. The summed E-state index contributed by atoms with van der Waals surface area (Å²) in [5, 5.41) is 11.9. The first-order valence-corrected chi connectivity index (χ1v) is 5.53. The van der Waals surface area contributed by atoms with E-state index in [0.717, 1.165) is 11.3 Å². The molecule has 0 aliphatic rings. The number of thiophene rings is 1. The molecule has 74 valence electrons. The Labute approximate surface area is 83.4 Å². The molecular formula is C10H17NOS. The van der Waals surface area contributed by atoms with Crippen molar-refractivity contribution in [2.45, 2.75) is 26.4 Å². The van der Waals surface area contributed by atoms with E-state index in [9.17, 15) is 5.11 Å². The van der Waals surface area contributed by atoms with Crippen molar-refractivity contribution >= 4 is 11.3 Å². The predicted octanol–water partition coefficient (Wildman–Crippen LogP) is 1.94. The van der Waals surface area contributed by atoms with Gasteiger partial charge in [0.15, 0.2) is 0 Å². The molecule has 0 radical (unpaired) electrons. The zero-order chi connectivity index (χ0) is 9.84. The van der Waals surface area contributed by atoms with E-state index < -0.39 is 0 Å². The zero-order valence-corrected chi connectivity index (χ0v) is 8.97. The molecule has 3 heteroatoms. The number of nitrogens with two attached hydrogens (primary N) is 1. The van der Waals surface area contributed by atoms with Crippen LogP contribution in [0.2, 0.25) is 0 Å². The van der Waals surface area contributed by atoms with Gasteiger partial charge in [-0.25, -0.2) is 0 Å². The lowest BCUT2D eigenvalue weighted by Gasteiger charge is -2.16. The van der Waals surface area contributed by atoms with Gasteiger partial charge in [-0.2, -0.15) is 0 Å². The molecule has 3 N–H and O–H groups in total. The predicted molar refractivity (Wildman–Crippen MR) is 56.9 cm³/mol. The van der Waals surface area contributed by atoms with Gasteiger partial charge in [-0.1, -0.05) is 13.8 Å². The maximum Gasteiger partial charge on any atom is 0.0922 e. The smallest absolute Gasteiger partial charge is 0.0922 e. The molecule has 1 aromatic heterocycles. The molecule has 0 saturated heterocycles. The molecule has 0 saturated carbocycles. The molecule has 0 aromatic carbocycles. The molecular weight excluding hydrogens is 182 g/mol. The molecule has 13 heavy (non-hydrogen) atoms. The molecule has 0 fully saturated rings. The van der Waals surface area contributed by atoms with E-state index in [1.165, 1.54) is 5.56 Å². The largest absolute Gasteiger partial charge is 0.387 e. The molecule has 1 heterocycles. The van der Waals surface area contributed by atoms with Gasteiger partial charge in [-0.3, -0.25) is 0 Å². The summed E-state index contributed by atoms with van der Waals surface area (Å²) in [6.45, 7) is 4.61. The molecule has 0 amide bonds. The van der Waals surface area contributed by atoms with E-state index in [-0.39, 0.29) is 12.0 Å². The van der Waals surface area contributed by atoms with Crippen molar-refractivity contribution in [2.24, 2.45) is 11.7 Å². The van der Waals surface area contributed by atoms with Gasteiger partial charge in [0.2, 0.25) is 0 Å². The van der Waals surface area contributed by atoms with Crippen LogP contribution < -0.4 is 5.73 Å². The zero-order valence-electron chi connectivity index (χ0n) is 8.16. The third-order valence-corrected chi connectivity index (χ3v) is 3.37. The van der Waals surface area contributed by atoms with E-state index in [1.807, 2.05) is 12.3 Å². The first-order chi connectivity index (χ1) is 6.20. The summed E-state index contributed by atoms with van der Waals surface area (Å²) in [5.41, 5.74) is 6.76. The summed E-state index contributed by atoms with van der Waals surface area (Å²) in [6.07, 6.45) is 0.590. The number of aliphatic hydroxyl groups excluding tert-OH is 1. The first kappa shape index (κ1) is 10.7. The fourth-order valence-corrected chi connectivity index (χ4v) is 2.40. The van der Waals surface area contributed by atoms with Crippen LogP contribution in [0.4, 0.5) is 0 Å².